The van der Waals surface area contributed by atoms with Gasteiger partial charge in [-0.15, -0.1) is 11.8 Å². The van der Waals surface area contributed by atoms with Crippen LogP contribution in [0.3, 0.4) is 0 Å². The van der Waals surface area contributed by atoms with Crippen LogP contribution < -0.4 is 10.6 Å². The van der Waals surface area contributed by atoms with Crippen molar-refractivity contribution < 1.29 is 24.0 Å². The zero-order chi connectivity index (χ0) is 23.1. The summed E-state index contributed by atoms with van der Waals surface area (Å²) in [4.78, 5) is 36.5. The smallest absolute Gasteiger partial charge is 0.331 e. The summed E-state index contributed by atoms with van der Waals surface area (Å²) in [5, 5.41) is 17.5. The second kappa shape index (κ2) is 10.5. The number of anilines is 2. The van der Waals surface area contributed by atoms with Gasteiger partial charge in [0.1, 0.15) is 11.0 Å². The molecule has 164 valence electrons. The molecule has 1 heterocycles. The van der Waals surface area contributed by atoms with Crippen LogP contribution in [0, 0.1) is 6.92 Å². The number of rotatable bonds is 8. The van der Waals surface area contributed by atoms with Gasteiger partial charge in [0.05, 0.1) is 0 Å². The summed E-state index contributed by atoms with van der Waals surface area (Å²) >= 11 is 1.35. The van der Waals surface area contributed by atoms with Gasteiger partial charge >= 0.3 is 5.97 Å². The molecule has 0 aliphatic carbocycles. The van der Waals surface area contributed by atoms with Gasteiger partial charge in [-0.2, -0.15) is 0 Å². The first-order valence-corrected chi connectivity index (χ1v) is 10.5. The molecule has 32 heavy (non-hydrogen) atoms. The average Bonchev–Trinajstić information content (AvgIpc) is 3.18. The third-order valence-corrected chi connectivity index (χ3v) is 5.55. The topological polar surface area (TPSA) is 122 Å². The van der Waals surface area contributed by atoms with Crippen molar-refractivity contribution in [3.05, 3.63) is 83.6 Å². The van der Waals surface area contributed by atoms with E-state index in [1.165, 1.54) is 18.7 Å². The average molecular weight is 452 g/mol. The van der Waals surface area contributed by atoms with Crippen molar-refractivity contribution in [2.75, 3.05) is 10.6 Å². The first-order chi connectivity index (χ1) is 15.3. The highest BCUT2D eigenvalue weighted by molar-refractivity contribution is 8.00. The number of carbonyl (C=O) groups excluding carboxylic acids is 2. The lowest BCUT2D eigenvalue weighted by molar-refractivity contribution is -0.132. The van der Waals surface area contributed by atoms with Gasteiger partial charge in [0.15, 0.2) is 5.82 Å². The highest BCUT2D eigenvalue weighted by Gasteiger charge is 2.23. The molecule has 0 aliphatic heterocycles. The van der Waals surface area contributed by atoms with Crippen molar-refractivity contribution in [1.29, 1.82) is 0 Å². The molecule has 2 amide bonds. The van der Waals surface area contributed by atoms with E-state index in [0.717, 1.165) is 16.5 Å². The number of aryl methyl sites for hydroxylation is 1. The summed E-state index contributed by atoms with van der Waals surface area (Å²) < 4.78 is 5.01. The van der Waals surface area contributed by atoms with Crippen LogP contribution in [0.25, 0.3) is 0 Å². The van der Waals surface area contributed by atoms with Crippen molar-refractivity contribution in [2.45, 2.75) is 24.0 Å². The van der Waals surface area contributed by atoms with Crippen LogP contribution in [0.15, 0.2) is 81.7 Å². The van der Waals surface area contributed by atoms with Gasteiger partial charge in [0.25, 0.3) is 0 Å². The minimum Gasteiger partial charge on any atom is -0.478 e. The summed E-state index contributed by atoms with van der Waals surface area (Å²) in [5.41, 5.74) is 1.27. The van der Waals surface area contributed by atoms with Crippen LogP contribution in [0.5, 0.6) is 0 Å². The number of amides is 2. The van der Waals surface area contributed by atoms with E-state index in [0.29, 0.717) is 17.3 Å². The largest absolute Gasteiger partial charge is 0.478 e. The predicted octanol–water partition coefficient (Wildman–Crippen LogP) is 4.42. The van der Waals surface area contributed by atoms with E-state index in [4.69, 9.17) is 9.63 Å². The second-order valence-corrected chi connectivity index (χ2v) is 8.05. The number of nitrogens with zero attached hydrogens (tertiary/aromatic N) is 1. The summed E-state index contributed by atoms with van der Waals surface area (Å²) in [6, 6.07) is 17.9. The number of carboxylic acid groups (broad SMARTS) is 1. The number of aliphatic carboxylic acids is 1. The first-order valence-electron chi connectivity index (χ1n) is 9.60. The number of nitrogens with one attached hydrogen (secondary N) is 2. The first kappa shape index (κ1) is 22.8. The molecule has 3 aromatic rings. The lowest BCUT2D eigenvalue weighted by Crippen LogP contribution is -2.19. The Hall–Kier alpha value is -3.85. The fraction of sp³-hybridized carbons (Fsp3) is 0.130. The fourth-order valence-corrected chi connectivity index (χ4v) is 3.73. The number of carboxylic acids is 1. The number of hydrogen-bond donors (Lipinski definition) is 3. The van der Waals surface area contributed by atoms with Gasteiger partial charge in [-0.3, -0.25) is 9.59 Å². The lowest BCUT2D eigenvalue weighted by atomic mass is 10.1. The summed E-state index contributed by atoms with van der Waals surface area (Å²) in [6.45, 7) is 3.09. The van der Waals surface area contributed by atoms with Crippen LogP contribution in [-0.4, -0.2) is 28.0 Å². The summed E-state index contributed by atoms with van der Waals surface area (Å²) in [6.07, 6.45) is 1.02. The Morgan fingerprint density at radius 2 is 1.75 bits per heavy atom. The SMILES string of the molecule is C/C(=C\C(=O)Nc1ccc(S[C@H](C(=O)Nc2cc(C)on2)c2ccccc2)cc1)C(=O)O. The molecule has 8 nitrogen and oxygen atoms in total. The van der Waals surface area contributed by atoms with Gasteiger partial charge in [0, 0.05) is 28.3 Å². The maximum Gasteiger partial charge on any atom is 0.331 e. The minimum atomic E-state index is -1.15. The maximum atomic E-state index is 13.0. The van der Waals surface area contributed by atoms with Crippen molar-refractivity contribution in [3.63, 3.8) is 0 Å². The summed E-state index contributed by atoms with van der Waals surface area (Å²) in [7, 11) is 0. The molecule has 9 heteroatoms. The molecule has 3 rings (SSSR count). The van der Waals surface area contributed by atoms with E-state index in [2.05, 4.69) is 15.8 Å². The fourth-order valence-electron chi connectivity index (χ4n) is 2.71. The maximum absolute atomic E-state index is 13.0. The molecule has 3 N–H and O–H groups in total. The number of benzene rings is 2. The molecular formula is C23H21N3O5S. The molecule has 0 fully saturated rings. The van der Waals surface area contributed by atoms with E-state index < -0.39 is 17.1 Å². The molecule has 0 bridgehead atoms. The molecule has 1 atom stereocenters. The van der Waals surface area contributed by atoms with Crippen LogP contribution >= 0.6 is 11.8 Å². The number of aromatic nitrogens is 1. The molecule has 0 radical (unpaired) electrons. The van der Waals surface area contributed by atoms with E-state index in [9.17, 15) is 14.4 Å². The molecule has 2 aromatic carbocycles. The van der Waals surface area contributed by atoms with Gasteiger partial charge < -0.3 is 20.3 Å². The normalized spacial score (nSPS) is 12.1. The Kier molecular flexibility index (Phi) is 7.45. The predicted molar refractivity (Wildman–Crippen MR) is 121 cm³/mol. The third kappa shape index (κ3) is 6.32. The van der Waals surface area contributed by atoms with Crippen molar-refractivity contribution in [3.8, 4) is 0 Å². The van der Waals surface area contributed by atoms with Crippen LogP contribution in [0.4, 0.5) is 11.5 Å². The van der Waals surface area contributed by atoms with Gasteiger partial charge in [0.2, 0.25) is 11.8 Å². The standard InChI is InChI=1S/C23H21N3O5S/c1-14(23(29)30)12-20(27)24-17-8-10-18(11-9-17)32-21(16-6-4-3-5-7-16)22(28)25-19-13-15(2)31-26-19/h3-13,21H,1-2H3,(H,24,27)(H,29,30)(H,25,26,28)/b14-12+/t21-/m0/s1. The van der Waals surface area contributed by atoms with Crippen molar-refractivity contribution in [1.82, 2.24) is 5.16 Å². The van der Waals surface area contributed by atoms with Gasteiger partial charge in [-0.25, -0.2) is 4.79 Å². The van der Waals surface area contributed by atoms with Crippen LogP contribution in [0.2, 0.25) is 0 Å². The highest BCUT2D eigenvalue weighted by Crippen LogP contribution is 2.36. The summed E-state index contributed by atoms with van der Waals surface area (Å²) in [5.74, 6) is -0.999. The third-order valence-electron chi connectivity index (χ3n) is 4.28. The van der Waals surface area contributed by atoms with E-state index in [1.807, 2.05) is 30.3 Å². The highest BCUT2D eigenvalue weighted by atomic mass is 32.2. The minimum absolute atomic E-state index is 0.0614. The van der Waals surface area contributed by atoms with Crippen LogP contribution in [0.1, 0.15) is 23.5 Å². The number of carbonyl (C=O) groups is 3. The van der Waals surface area contributed by atoms with E-state index >= 15 is 0 Å². The Morgan fingerprint density at radius 3 is 2.34 bits per heavy atom. The monoisotopic (exact) mass is 451 g/mol. The molecule has 0 aliphatic rings. The van der Waals surface area contributed by atoms with Gasteiger partial charge in [-0.05, 0) is 43.7 Å². The van der Waals surface area contributed by atoms with Crippen molar-refractivity contribution >= 4 is 41.1 Å². The Labute approximate surface area is 188 Å². The number of thioether (sulfide) groups is 1. The Bertz CT molecular complexity index is 1140. The zero-order valence-electron chi connectivity index (χ0n) is 17.4. The molecule has 1 aromatic heterocycles. The lowest BCUT2D eigenvalue weighted by Gasteiger charge is -2.16. The molecule has 0 unspecified atom stereocenters. The van der Waals surface area contributed by atoms with Gasteiger partial charge in [-0.1, -0.05) is 35.5 Å². The number of hydrogen-bond acceptors (Lipinski definition) is 6. The molecule has 0 saturated heterocycles. The Morgan fingerprint density at radius 1 is 1.06 bits per heavy atom. The molecule has 0 spiro atoms. The molecule has 0 saturated carbocycles. The molecular weight excluding hydrogens is 430 g/mol. The van der Waals surface area contributed by atoms with Crippen molar-refractivity contribution in [2.24, 2.45) is 0 Å². The Balaban J connectivity index is 1.73. The second-order valence-electron chi connectivity index (χ2n) is 6.87. The van der Waals surface area contributed by atoms with E-state index in [-0.39, 0.29) is 11.5 Å². The quantitative estimate of drug-likeness (QED) is 0.342. The zero-order valence-corrected chi connectivity index (χ0v) is 18.2. The van der Waals surface area contributed by atoms with E-state index in [1.54, 1.807) is 37.3 Å². The van der Waals surface area contributed by atoms with Crippen LogP contribution in [-0.2, 0) is 14.4 Å².